The zero-order valence-electron chi connectivity index (χ0n) is 24.3. The van der Waals surface area contributed by atoms with E-state index < -0.39 is 47.9 Å². The minimum absolute atomic E-state index is 0.114. The number of guanidine groups is 1. The second kappa shape index (κ2) is 18.8. The molecule has 0 radical (unpaired) electrons. The van der Waals surface area contributed by atoms with Gasteiger partial charge in [-0.2, -0.15) is 0 Å². The Morgan fingerprint density at radius 3 is 1.77 bits per heavy atom. The number of aliphatic imine (C=N–C) groups is 1. The van der Waals surface area contributed by atoms with E-state index in [2.05, 4.69) is 20.9 Å². The molecule has 2 aromatic carbocycles. The molecule has 0 aliphatic rings. The van der Waals surface area contributed by atoms with Crippen LogP contribution in [0.2, 0.25) is 0 Å². The van der Waals surface area contributed by atoms with Crippen LogP contribution in [0.4, 0.5) is 0 Å². The first-order valence-electron chi connectivity index (χ1n) is 14.3. The number of benzene rings is 2. The minimum Gasteiger partial charge on any atom is -0.480 e. The fourth-order valence-corrected chi connectivity index (χ4v) is 4.37. The van der Waals surface area contributed by atoms with Crippen LogP contribution in [0.25, 0.3) is 0 Å². The number of nitrogens with two attached hydrogens (primary N) is 4. The lowest BCUT2D eigenvalue weighted by molar-refractivity contribution is -0.142. The van der Waals surface area contributed by atoms with E-state index in [-0.39, 0.29) is 38.2 Å². The molecule has 0 spiro atoms. The molecule has 43 heavy (non-hydrogen) atoms. The van der Waals surface area contributed by atoms with Crippen LogP contribution in [-0.2, 0) is 32.0 Å². The zero-order valence-corrected chi connectivity index (χ0v) is 24.3. The number of rotatable bonds is 19. The van der Waals surface area contributed by atoms with Gasteiger partial charge in [-0.1, -0.05) is 60.7 Å². The number of unbranched alkanes of at least 4 members (excludes halogenated alkanes) is 1. The average molecular weight is 597 g/mol. The van der Waals surface area contributed by atoms with Gasteiger partial charge in [0, 0.05) is 13.0 Å². The first kappa shape index (κ1) is 34.7. The van der Waals surface area contributed by atoms with Gasteiger partial charge in [-0.25, -0.2) is 4.79 Å². The highest BCUT2D eigenvalue weighted by molar-refractivity contribution is 5.94. The summed E-state index contributed by atoms with van der Waals surface area (Å²) in [4.78, 5) is 55.7. The predicted molar refractivity (Wildman–Crippen MR) is 165 cm³/mol. The maximum absolute atomic E-state index is 13.6. The summed E-state index contributed by atoms with van der Waals surface area (Å²) in [6, 6.07) is 14.1. The van der Waals surface area contributed by atoms with Gasteiger partial charge in [0.15, 0.2) is 5.96 Å². The summed E-state index contributed by atoms with van der Waals surface area (Å²) in [5.74, 6) is -3.14. The van der Waals surface area contributed by atoms with E-state index in [1.54, 1.807) is 0 Å². The molecular formula is C30H44N8O5. The highest BCUT2D eigenvalue weighted by Gasteiger charge is 2.30. The molecule has 0 heterocycles. The van der Waals surface area contributed by atoms with Crippen LogP contribution < -0.4 is 38.9 Å². The summed E-state index contributed by atoms with van der Waals surface area (Å²) in [6.07, 6.45) is 2.12. The van der Waals surface area contributed by atoms with E-state index in [4.69, 9.17) is 22.9 Å². The molecule has 4 atom stereocenters. The molecule has 13 heteroatoms. The Hall–Kier alpha value is -4.49. The van der Waals surface area contributed by atoms with Gasteiger partial charge in [-0.3, -0.25) is 19.4 Å². The summed E-state index contributed by atoms with van der Waals surface area (Å²) in [5, 5.41) is 17.6. The van der Waals surface area contributed by atoms with E-state index in [1.165, 1.54) is 0 Å². The lowest BCUT2D eigenvalue weighted by Gasteiger charge is -2.25. The van der Waals surface area contributed by atoms with Gasteiger partial charge >= 0.3 is 5.97 Å². The number of aliphatic carboxylic acids is 1. The Morgan fingerprint density at radius 1 is 0.698 bits per heavy atom. The maximum Gasteiger partial charge on any atom is 0.326 e. The van der Waals surface area contributed by atoms with E-state index in [9.17, 15) is 24.3 Å². The first-order valence-corrected chi connectivity index (χ1v) is 14.3. The molecule has 2 rings (SSSR count). The number of carbonyl (C=O) groups excluding carboxylic acids is 3. The Labute approximate surface area is 251 Å². The number of amides is 3. The largest absolute Gasteiger partial charge is 0.480 e. The molecule has 4 unspecified atom stereocenters. The molecule has 3 amide bonds. The van der Waals surface area contributed by atoms with Crippen LogP contribution >= 0.6 is 0 Å². The predicted octanol–water partition coefficient (Wildman–Crippen LogP) is -0.479. The Morgan fingerprint density at radius 2 is 1.21 bits per heavy atom. The zero-order chi connectivity index (χ0) is 31.6. The number of carbonyl (C=O) groups is 4. The Kier molecular flexibility index (Phi) is 15.2. The topological polar surface area (TPSA) is 241 Å². The van der Waals surface area contributed by atoms with Gasteiger partial charge in [0.2, 0.25) is 17.7 Å². The highest BCUT2D eigenvalue weighted by atomic mass is 16.4. The van der Waals surface area contributed by atoms with E-state index >= 15 is 0 Å². The fourth-order valence-electron chi connectivity index (χ4n) is 4.37. The number of carboxylic acid groups (broad SMARTS) is 1. The van der Waals surface area contributed by atoms with Crippen LogP contribution in [0.5, 0.6) is 0 Å². The van der Waals surface area contributed by atoms with Gasteiger partial charge in [0.25, 0.3) is 0 Å². The number of nitrogens with one attached hydrogen (secondary N) is 3. The molecule has 0 fully saturated rings. The lowest BCUT2D eigenvalue weighted by Crippen LogP contribution is -2.57. The monoisotopic (exact) mass is 596 g/mol. The van der Waals surface area contributed by atoms with Crippen molar-refractivity contribution in [1.29, 1.82) is 0 Å². The number of hydrogen-bond donors (Lipinski definition) is 8. The standard InChI is InChI=1S/C30H44N8O5/c31-16-8-7-14-24(29(42)43)37-27(40)23(15-9-17-35-30(33)34)36-28(41)25(19-21-12-5-2-6-13-21)38-26(39)22(32)18-20-10-3-1-4-11-20/h1-6,10-13,22-25H,7-9,14-19,31-32H2,(H,36,41)(H,37,40)(H,38,39)(H,42,43)(H4,33,34,35). The third-order valence-corrected chi connectivity index (χ3v) is 6.69. The molecule has 0 saturated carbocycles. The molecule has 0 aliphatic heterocycles. The third-order valence-electron chi connectivity index (χ3n) is 6.69. The number of carboxylic acids is 1. The highest BCUT2D eigenvalue weighted by Crippen LogP contribution is 2.09. The summed E-state index contributed by atoms with van der Waals surface area (Å²) in [6.45, 7) is 0.590. The quantitative estimate of drug-likeness (QED) is 0.0592. The smallest absolute Gasteiger partial charge is 0.326 e. The van der Waals surface area contributed by atoms with Crippen molar-refractivity contribution < 1.29 is 24.3 Å². The molecule has 12 N–H and O–H groups in total. The second-order valence-electron chi connectivity index (χ2n) is 10.2. The van der Waals surface area contributed by atoms with Gasteiger partial charge in [0.1, 0.15) is 18.1 Å². The maximum atomic E-state index is 13.6. The van der Waals surface area contributed by atoms with Crippen molar-refractivity contribution in [3.63, 3.8) is 0 Å². The van der Waals surface area contributed by atoms with Gasteiger partial charge in [0.05, 0.1) is 6.04 Å². The van der Waals surface area contributed by atoms with Gasteiger partial charge in [-0.15, -0.1) is 0 Å². The van der Waals surface area contributed by atoms with Crippen LogP contribution in [0, 0.1) is 0 Å². The molecule has 0 aliphatic carbocycles. The van der Waals surface area contributed by atoms with Crippen molar-refractivity contribution in [2.75, 3.05) is 13.1 Å². The molecule has 2 aromatic rings. The second-order valence-corrected chi connectivity index (χ2v) is 10.2. The summed E-state index contributed by atoms with van der Waals surface area (Å²) < 4.78 is 0. The molecular weight excluding hydrogens is 552 g/mol. The van der Waals surface area contributed by atoms with Crippen molar-refractivity contribution in [2.45, 2.75) is 69.1 Å². The number of nitrogens with zero attached hydrogens (tertiary/aromatic N) is 1. The molecule has 13 nitrogen and oxygen atoms in total. The first-order chi connectivity index (χ1) is 20.6. The van der Waals surface area contributed by atoms with Crippen molar-refractivity contribution in [2.24, 2.45) is 27.9 Å². The third kappa shape index (κ3) is 13.4. The van der Waals surface area contributed by atoms with Crippen molar-refractivity contribution in [1.82, 2.24) is 16.0 Å². The number of hydrogen-bond acceptors (Lipinski definition) is 7. The van der Waals surface area contributed by atoms with E-state index in [1.807, 2.05) is 60.7 Å². The Balaban J connectivity index is 2.22. The minimum atomic E-state index is -1.20. The SMILES string of the molecule is NCCCCC(NC(=O)C(CCCN=C(N)N)NC(=O)C(Cc1ccccc1)NC(=O)C(N)Cc1ccccc1)C(=O)O. The van der Waals surface area contributed by atoms with E-state index in [0.717, 1.165) is 11.1 Å². The molecule has 0 aromatic heterocycles. The Bertz CT molecular complexity index is 1190. The van der Waals surface area contributed by atoms with Crippen LogP contribution in [-0.4, -0.2) is 72.0 Å². The van der Waals surface area contributed by atoms with Crippen molar-refractivity contribution in [3.8, 4) is 0 Å². The summed E-state index contributed by atoms with van der Waals surface area (Å²) in [7, 11) is 0. The average Bonchev–Trinajstić information content (AvgIpc) is 2.98. The summed E-state index contributed by atoms with van der Waals surface area (Å²) in [5.41, 5.74) is 24.1. The fraction of sp³-hybridized carbons (Fsp3) is 0.433. The van der Waals surface area contributed by atoms with Crippen molar-refractivity contribution in [3.05, 3.63) is 71.8 Å². The molecule has 0 bridgehead atoms. The van der Waals surface area contributed by atoms with Crippen LogP contribution in [0.15, 0.2) is 65.7 Å². The summed E-state index contributed by atoms with van der Waals surface area (Å²) >= 11 is 0. The molecule has 234 valence electrons. The lowest BCUT2D eigenvalue weighted by atomic mass is 10.0. The van der Waals surface area contributed by atoms with Crippen LogP contribution in [0.1, 0.15) is 43.2 Å². The van der Waals surface area contributed by atoms with E-state index in [0.29, 0.717) is 25.8 Å². The normalized spacial score (nSPS) is 13.5. The molecule has 0 saturated heterocycles. The van der Waals surface area contributed by atoms with Gasteiger partial charge < -0.3 is 44.0 Å². The van der Waals surface area contributed by atoms with Gasteiger partial charge in [-0.05, 0) is 56.2 Å². The van der Waals surface area contributed by atoms with Crippen molar-refractivity contribution >= 4 is 29.7 Å². The van der Waals surface area contributed by atoms with Crippen LogP contribution in [0.3, 0.4) is 0 Å².